The Morgan fingerprint density at radius 3 is 1.88 bits per heavy atom. The molecule has 0 saturated heterocycles. The number of sulfone groups is 1. The fourth-order valence-corrected chi connectivity index (χ4v) is 3.63. The molecule has 2 aromatic rings. The number of amidine groups is 1. The average molecular weight is 754 g/mol. The number of carboxylic acid groups (broad SMARTS) is 1. The topological polar surface area (TPSA) is 185 Å². The van der Waals surface area contributed by atoms with Crippen molar-refractivity contribution in [1.29, 1.82) is 0 Å². The first-order valence-electron chi connectivity index (χ1n) is 9.14. The maximum Gasteiger partial charge on any atom is 0.269 e. The van der Waals surface area contributed by atoms with Crippen molar-refractivity contribution in [3.05, 3.63) is 59.1 Å². The van der Waals surface area contributed by atoms with Gasteiger partial charge < -0.3 is 38.9 Å². The van der Waals surface area contributed by atoms with E-state index in [9.17, 15) is 13.2 Å². The number of halogens is 1. The van der Waals surface area contributed by atoms with E-state index in [-0.39, 0.29) is 62.6 Å². The predicted octanol–water partition coefficient (Wildman–Crippen LogP) is 1.63. The van der Waals surface area contributed by atoms with Crippen LogP contribution in [-0.4, -0.2) is 32.0 Å². The zero-order chi connectivity index (χ0) is 23.4. The Labute approximate surface area is 232 Å². The Bertz CT molecular complexity index is 1020. The van der Waals surface area contributed by atoms with Gasteiger partial charge in [0.15, 0.2) is 0 Å². The van der Waals surface area contributed by atoms with Crippen LogP contribution in [0.1, 0.15) is 37.0 Å². The molecular formula is C20H22ClN3O7S2U-6. The van der Waals surface area contributed by atoms with E-state index in [0.29, 0.717) is 11.6 Å². The van der Waals surface area contributed by atoms with Gasteiger partial charge in [-0.15, -0.1) is 0 Å². The maximum absolute atomic E-state index is 12.6. The number of carboxylic acids is 1. The Hall–Kier alpha value is -1.72. The van der Waals surface area contributed by atoms with Crippen LogP contribution < -0.4 is 16.0 Å². The van der Waals surface area contributed by atoms with Gasteiger partial charge in [0.2, 0.25) is 9.84 Å². The summed E-state index contributed by atoms with van der Waals surface area (Å²) in [5, 5.41) is 9.53. The van der Waals surface area contributed by atoms with Gasteiger partial charge in [-0.1, -0.05) is 24.9 Å². The summed E-state index contributed by atoms with van der Waals surface area (Å²) in [7, 11) is -3.68. The van der Waals surface area contributed by atoms with E-state index < -0.39 is 21.7 Å². The normalized spacial score (nSPS) is 10.1. The second-order valence-electron chi connectivity index (χ2n) is 6.09. The van der Waals surface area contributed by atoms with E-state index in [1.165, 1.54) is 48.5 Å². The smallest absolute Gasteiger partial charge is 0.269 e. The zero-order valence-electron chi connectivity index (χ0n) is 18.2. The summed E-state index contributed by atoms with van der Waals surface area (Å²) in [6, 6.07) is 11.5. The van der Waals surface area contributed by atoms with Crippen molar-refractivity contribution in [1.82, 2.24) is 10.9 Å². The summed E-state index contributed by atoms with van der Waals surface area (Å²) < 4.78 is 25.2. The number of aliphatic imine (C=N–C) groups is 1. The number of nitrogens with zero attached hydrogens (tertiary/aromatic N) is 1. The molecule has 0 bridgehead atoms. The molecule has 1 amide bonds. The number of rotatable bonds is 6. The van der Waals surface area contributed by atoms with E-state index in [1.54, 1.807) is 0 Å². The first-order valence-corrected chi connectivity index (χ1v) is 11.4. The first kappa shape index (κ1) is 36.8. The molecule has 10 nitrogen and oxygen atoms in total. The minimum Gasteiger partial charge on any atom is -2.00 e. The number of nitrogens with one attached hydrogen (secondary N) is 2. The van der Waals surface area contributed by atoms with E-state index in [1.807, 2.05) is 6.92 Å². The largest absolute Gasteiger partial charge is 2.00 e. The molecular weight excluding hydrogens is 732 g/mol. The SMILES string of the molecule is CC(=O)[O-].CCCCN=C([S-])NNC(=O)c1ccc(S(=O)(=O)c2ccc(Cl)cc2)cc1.[O-2].[O-2].[U]. The Morgan fingerprint density at radius 2 is 1.44 bits per heavy atom. The van der Waals surface area contributed by atoms with Crippen molar-refractivity contribution in [2.24, 2.45) is 4.99 Å². The van der Waals surface area contributed by atoms with Crippen molar-refractivity contribution >= 4 is 51.1 Å². The van der Waals surface area contributed by atoms with Crippen LogP contribution in [0.15, 0.2) is 63.3 Å². The van der Waals surface area contributed by atoms with E-state index in [4.69, 9.17) is 34.1 Å². The van der Waals surface area contributed by atoms with Crippen LogP contribution in [0.2, 0.25) is 5.02 Å². The third-order valence-electron chi connectivity index (χ3n) is 3.60. The van der Waals surface area contributed by atoms with Crippen LogP contribution >= 0.6 is 11.6 Å². The predicted molar refractivity (Wildman–Crippen MR) is 121 cm³/mol. The van der Waals surface area contributed by atoms with Gasteiger partial charge in [-0.05, 0) is 67.0 Å². The van der Waals surface area contributed by atoms with Gasteiger partial charge in [0.05, 0.1) is 9.79 Å². The van der Waals surface area contributed by atoms with Crippen LogP contribution in [0.3, 0.4) is 0 Å². The number of hydrogen-bond donors (Lipinski definition) is 2. The molecule has 2 N–H and O–H groups in total. The second kappa shape index (κ2) is 18.6. The molecule has 0 radical (unpaired) electrons. The van der Waals surface area contributed by atoms with Gasteiger partial charge >= 0.3 is 0 Å². The average Bonchev–Trinajstić information content (AvgIpc) is 2.72. The van der Waals surface area contributed by atoms with Gasteiger partial charge in [-0.3, -0.25) is 15.2 Å². The molecule has 14 heteroatoms. The van der Waals surface area contributed by atoms with Crippen molar-refractivity contribution in [3.8, 4) is 0 Å². The fraction of sp³-hybridized carbons (Fsp3) is 0.250. The van der Waals surface area contributed by atoms with E-state index >= 15 is 0 Å². The number of carbonyl (C=O) groups is 2. The summed E-state index contributed by atoms with van der Waals surface area (Å²) in [4.78, 5) is 25.3. The molecule has 0 atom stereocenters. The quantitative estimate of drug-likeness (QED) is 0.148. The monoisotopic (exact) mass is 753 g/mol. The number of hydrogen-bond acceptors (Lipinski definition) is 7. The summed E-state index contributed by atoms with van der Waals surface area (Å²) in [5.41, 5.74) is 5.27. The third-order valence-corrected chi connectivity index (χ3v) is 5.87. The molecule has 34 heavy (non-hydrogen) atoms. The number of aliphatic carboxylic acids is 1. The number of unbranched alkanes of at least 4 members (excludes halogenated alkanes) is 1. The van der Waals surface area contributed by atoms with Crippen molar-refractivity contribution < 1.29 is 65.2 Å². The van der Waals surface area contributed by atoms with Gasteiger partial charge in [-0.25, -0.2) is 8.42 Å². The Balaban J connectivity index is -0.00000127. The summed E-state index contributed by atoms with van der Waals surface area (Å²) in [6.07, 6.45) is 1.92. The number of carbonyl (C=O) groups excluding carboxylic acids is 2. The number of amides is 1. The molecule has 0 spiro atoms. The molecule has 0 fully saturated rings. The minimum atomic E-state index is -3.68. The van der Waals surface area contributed by atoms with Crippen molar-refractivity contribution in [2.45, 2.75) is 36.5 Å². The summed E-state index contributed by atoms with van der Waals surface area (Å²) >= 11 is 10.8. The molecule has 0 aliphatic carbocycles. The summed E-state index contributed by atoms with van der Waals surface area (Å²) in [5.74, 6) is -1.53. The Morgan fingerprint density at radius 1 is 1.00 bits per heavy atom. The van der Waals surface area contributed by atoms with Gasteiger partial charge in [0, 0.05) is 54.2 Å². The van der Waals surface area contributed by atoms with Crippen LogP contribution in [0.5, 0.6) is 0 Å². The molecule has 2 rings (SSSR count). The molecule has 0 unspecified atom stereocenters. The molecule has 0 aromatic heterocycles. The minimum absolute atomic E-state index is 0. The first-order chi connectivity index (χ1) is 14.6. The maximum atomic E-state index is 12.6. The summed E-state index contributed by atoms with van der Waals surface area (Å²) in [6.45, 7) is 3.61. The van der Waals surface area contributed by atoms with Gasteiger partial charge in [0.25, 0.3) is 5.91 Å². The molecule has 2 aromatic carbocycles. The molecule has 0 aliphatic rings. The molecule has 0 heterocycles. The van der Waals surface area contributed by atoms with E-state index in [2.05, 4.69) is 15.8 Å². The second-order valence-corrected chi connectivity index (χ2v) is 8.87. The zero-order valence-corrected chi connectivity index (χ0v) is 24.8. The van der Waals surface area contributed by atoms with Crippen LogP contribution in [0.4, 0.5) is 0 Å². The van der Waals surface area contributed by atoms with E-state index in [0.717, 1.165) is 19.8 Å². The third kappa shape index (κ3) is 13.2. The molecule has 0 aliphatic heterocycles. The number of benzene rings is 2. The standard InChI is InChI=1S/C18H20ClN3O3S2.C2H4O2.2O.U/c1-2-3-12-20-18(26)22-21-17(23)13-4-8-15(9-5-13)27(24,25)16-10-6-14(19)7-11-16;1-2(3)4;;;/h4-11H,2-3,12H2,1H3,(H,21,23)(H2,20,22,26);1H3,(H,3,4);;;/q;;2*-2;/p-2. The molecule has 0 saturated carbocycles. The van der Waals surface area contributed by atoms with Crippen molar-refractivity contribution in [2.75, 3.05) is 6.54 Å². The van der Waals surface area contributed by atoms with Gasteiger partial charge in [0.1, 0.15) is 0 Å². The van der Waals surface area contributed by atoms with Crippen LogP contribution in [-0.2, 0) is 38.2 Å². The van der Waals surface area contributed by atoms with Crippen LogP contribution in [0.25, 0.3) is 0 Å². The van der Waals surface area contributed by atoms with Gasteiger partial charge in [-0.2, -0.15) is 0 Å². The molecule has 188 valence electrons. The van der Waals surface area contributed by atoms with Crippen LogP contribution in [0, 0.1) is 31.1 Å². The Kier molecular flexibility index (Phi) is 20.1. The fourth-order valence-electron chi connectivity index (χ4n) is 2.10. The number of hydrazine groups is 1. The van der Waals surface area contributed by atoms with Crippen molar-refractivity contribution in [3.63, 3.8) is 0 Å².